The monoisotopic (exact) mass is 232 g/mol. The van der Waals surface area contributed by atoms with Gasteiger partial charge in [-0.25, -0.2) is 0 Å². The van der Waals surface area contributed by atoms with Crippen LogP contribution < -0.4 is 5.26 Å². The van der Waals surface area contributed by atoms with E-state index in [9.17, 15) is 10.4 Å². The van der Waals surface area contributed by atoms with Gasteiger partial charge in [0.1, 0.15) is 6.42 Å². The molecule has 0 aliphatic heterocycles. The largest absolute Gasteiger partial charge is 0.588 e. The predicted molar refractivity (Wildman–Crippen MR) is 60.6 cm³/mol. The Morgan fingerprint density at radius 1 is 1.25 bits per heavy atom. The molecule has 1 unspecified atom stereocenters. The maximum absolute atomic E-state index is 10.2. The molecule has 1 N–H and O–H groups in total. The van der Waals surface area contributed by atoms with Crippen molar-refractivity contribution in [2.24, 2.45) is 0 Å². The first-order chi connectivity index (χ1) is 7.74. The zero-order valence-electron chi connectivity index (χ0n) is 10.4. The van der Waals surface area contributed by atoms with Gasteiger partial charge in [0.15, 0.2) is 6.61 Å². The Morgan fingerprint density at radius 3 is 2.50 bits per heavy atom. The van der Waals surface area contributed by atoms with Crippen LogP contribution in [0.5, 0.6) is 0 Å². The maximum atomic E-state index is 10.2. The highest BCUT2D eigenvalue weighted by molar-refractivity contribution is 5.70. The molecule has 0 bridgehead atoms. The van der Waals surface area contributed by atoms with Crippen LogP contribution in [0.4, 0.5) is 0 Å². The Hall–Kier alpha value is -0.770. The summed E-state index contributed by atoms with van der Waals surface area (Å²) in [6, 6.07) is 0. The fraction of sp³-hybridized carbons (Fsp3) is 0.917. The lowest BCUT2D eigenvalue weighted by Gasteiger charge is -2.07. The number of ether oxygens (including phenoxy) is 1. The van der Waals surface area contributed by atoms with Crippen molar-refractivity contribution in [3.63, 3.8) is 0 Å². The van der Waals surface area contributed by atoms with E-state index in [1.807, 2.05) is 0 Å². The minimum atomic E-state index is -0.530. The van der Waals surface area contributed by atoms with Gasteiger partial charge in [-0.3, -0.25) is 4.58 Å². The van der Waals surface area contributed by atoms with Gasteiger partial charge in [-0.1, -0.05) is 39.0 Å². The van der Waals surface area contributed by atoms with Gasteiger partial charge in [0, 0.05) is 0 Å². The van der Waals surface area contributed by atoms with E-state index in [1.54, 1.807) is 6.92 Å². The highest BCUT2D eigenvalue weighted by atomic mass is 17.1. The molecule has 0 aromatic carbocycles. The van der Waals surface area contributed by atoms with Crippen molar-refractivity contribution in [2.75, 3.05) is 6.61 Å². The molecule has 0 fully saturated rings. The molecule has 16 heavy (non-hydrogen) atoms. The molecule has 0 spiro atoms. The zero-order chi connectivity index (χ0) is 12.2. The molecule has 0 aliphatic carbocycles. The van der Waals surface area contributed by atoms with Crippen LogP contribution in [0.2, 0.25) is 0 Å². The van der Waals surface area contributed by atoms with Gasteiger partial charge >= 0.3 is 5.97 Å². The molecule has 0 heterocycles. The Labute approximate surface area is 97.9 Å². The van der Waals surface area contributed by atoms with Crippen LogP contribution in [0.25, 0.3) is 0 Å². The Balaban J connectivity index is 3.52. The summed E-state index contributed by atoms with van der Waals surface area (Å²) in [6.07, 6.45) is 6.15. The lowest BCUT2D eigenvalue weighted by molar-refractivity contribution is -1.05. The molecular formula is C12H24O4. The molecule has 0 aromatic rings. The van der Waals surface area contributed by atoms with E-state index >= 15 is 0 Å². The Bertz CT molecular complexity index is 180. The smallest absolute Gasteiger partial charge is 0.499 e. The SMILES string of the molecule is CCCCCCCC(O)CC(OCC)=[O+][O-]. The van der Waals surface area contributed by atoms with Crippen molar-refractivity contribution >= 4 is 5.97 Å². The number of aliphatic hydroxyl groups excluding tert-OH is 1. The van der Waals surface area contributed by atoms with Crippen LogP contribution in [-0.4, -0.2) is 23.8 Å². The van der Waals surface area contributed by atoms with E-state index in [1.165, 1.54) is 19.3 Å². The lowest BCUT2D eigenvalue weighted by Crippen LogP contribution is -2.20. The molecule has 0 aromatic heterocycles. The van der Waals surface area contributed by atoms with Crippen LogP contribution in [-0.2, 0) is 9.31 Å². The molecule has 0 radical (unpaired) electrons. The van der Waals surface area contributed by atoms with Crippen molar-refractivity contribution < 1.29 is 19.7 Å². The molecule has 4 heteroatoms. The standard InChI is InChI=1S/C12H24O4/c1-3-5-6-7-8-9-11(13)10-12(16-14)15-4-2/h11,13H,3-10H2,1-2H3. The van der Waals surface area contributed by atoms with Gasteiger partial charge in [0.25, 0.3) is 0 Å². The normalized spacial score (nSPS) is 13.8. The van der Waals surface area contributed by atoms with E-state index in [0.29, 0.717) is 13.0 Å². The maximum Gasteiger partial charge on any atom is 0.499 e. The summed E-state index contributed by atoms with van der Waals surface area (Å²) >= 11 is 0. The highest BCUT2D eigenvalue weighted by Gasteiger charge is 2.18. The van der Waals surface area contributed by atoms with E-state index in [4.69, 9.17) is 4.74 Å². The number of unbranched alkanes of at least 4 members (excludes halogenated alkanes) is 4. The second-order valence-electron chi connectivity index (χ2n) is 3.95. The summed E-state index contributed by atoms with van der Waals surface area (Å²) in [6.45, 7) is 4.33. The number of carbonyl (C=O) groups excluding carboxylic acids is 1. The predicted octanol–water partition coefficient (Wildman–Crippen LogP) is 1.47. The fourth-order valence-electron chi connectivity index (χ4n) is 1.56. The topological polar surface area (TPSA) is 63.8 Å². The highest BCUT2D eigenvalue weighted by Crippen LogP contribution is 2.09. The van der Waals surface area contributed by atoms with Crippen LogP contribution in [0.15, 0.2) is 0 Å². The zero-order valence-corrected chi connectivity index (χ0v) is 10.4. The third-order valence-corrected chi connectivity index (χ3v) is 2.44. The Kier molecular flexibility index (Phi) is 10.2. The van der Waals surface area contributed by atoms with Crippen LogP contribution in [0, 0.1) is 0 Å². The first-order valence-electron chi connectivity index (χ1n) is 6.21. The number of esters is 1. The first-order valence-corrected chi connectivity index (χ1v) is 6.21. The van der Waals surface area contributed by atoms with Gasteiger partial charge in [0.2, 0.25) is 0 Å². The van der Waals surface area contributed by atoms with E-state index in [0.717, 1.165) is 12.8 Å². The molecule has 4 nitrogen and oxygen atoms in total. The molecule has 0 aliphatic rings. The number of hydrogen-bond donors (Lipinski definition) is 1. The molecule has 0 saturated heterocycles. The van der Waals surface area contributed by atoms with Crippen LogP contribution in [0.3, 0.4) is 0 Å². The van der Waals surface area contributed by atoms with Gasteiger partial charge in [-0.15, -0.1) is 0 Å². The van der Waals surface area contributed by atoms with Crippen molar-refractivity contribution in [2.45, 2.75) is 64.9 Å². The van der Waals surface area contributed by atoms with E-state index in [-0.39, 0.29) is 12.4 Å². The lowest BCUT2D eigenvalue weighted by atomic mass is 10.1. The average Bonchev–Trinajstić information content (AvgIpc) is 2.28. The summed E-state index contributed by atoms with van der Waals surface area (Å²) in [5, 5.41) is 19.8. The van der Waals surface area contributed by atoms with Crippen molar-refractivity contribution in [1.82, 2.24) is 0 Å². The Morgan fingerprint density at radius 2 is 1.94 bits per heavy atom. The minimum absolute atomic E-state index is 0.0106. The first kappa shape index (κ1) is 15.2. The molecule has 0 rings (SSSR count). The summed E-state index contributed by atoms with van der Waals surface area (Å²) in [5.41, 5.74) is 0. The summed E-state index contributed by atoms with van der Waals surface area (Å²) in [7, 11) is 0. The number of rotatable bonds is 9. The fourth-order valence-corrected chi connectivity index (χ4v) is 1.56. The second kappa shape index (κ2) is 10.7. The van der Waals surface area contributed by atoms with Crippen molar-refractivity contribution in [3.8, 4) is 0 Å². The number of hydrogen-bond acceptors (Lipinski definition) is 3. The second-order valence-corrected chi connectivity index (χ2v) is 3.95. The van der Waals surface area contributed by atoms with Crippen molar-refractivity contribution in [1.29, 1.82) is 0 Å². The quantitative estimate of drug-likeness (QED) is 0.215. The van der Waals surface area contributed by atoms with Crippen molar-refractivity contribution in [3.05, 3.63) is 0 Å². The molecule has 1 atom stereocenters. The van der Waals surface area contributed by atoms with E-state index < -0.39 is 6.10 Å². The van der Waals surface area contributed by atoms with Gasteiger partial charge in [-0.05, 0) is 13.3 Å². The van der Waals surface area contributed by atoms with E-state index in [2.05, 4.69) is 11.5 Å². The number of aliphatic hydroxyl groups is 1. The minimum Gasteiger partial charge on any atom is -0.588 e. The molecule has 0 saturated carbocycles. The summed E-state index contributed by atoms with van der Waals surface area (Å²) in [5.74, 6) is -0.0106. The van der Waals surface area contributed by atoms with Crippen LogP contribution in [0.1, 0.15) is 58.8 Å². The van der Waals surface area contributed by atoms with Crippen LogP contribution >= 0.6 is 0 Å². The third-order valence-electron chi connectivity index (χ3n) is 2.44. The van der Waals surface area contributed by atoms with Gasteiger partial charge < -0.3 is 15.1 Å². The molecule has 96 valence electrons. The summed E-state index contributed by atoms with van der Waals surface area (Å²) < 4.78 is 8.72. The summed E-state index contributed by atoms with van der Waals surface area (Å²) in [4.78, 5) is 0. The molecule has 0 amide bonds. The van der Waals surface area contributed by atoms with Gasteiger partial charge in [-0.2, -0.15) is 0 Å². The third kappa shape index (κ3) is 8.53. The average molecular weight is 232 g/mol. The molecular weight excluding hydrogens is 208 g/mol. The van der Waals surface area contributed by atoms with Gasteiger partial charge in [0.05, 0.1) is 6.10 Å².